The van der Waals surface area contributed by atoms with Crippen LogP contribution in [0, 0.1) is 0 Å². The van der Waals surface area contributed by atoms with E-state index >= 15 is 0 Å². The molecular weight excluding hydrogens is 415 g/mol. The molecule has 10 heteroatoms. The van der Waals surface area contributed by atoms with E-state index in [2.05, 4.69) is 4.98 Å². The average Bonchev–Trinajstić information content (AvgIpc) is 3.21. The number of pyridine rings is 1. The van der Waals surface area contributed by atoms with E-state index in [4.69, 9.17) is 9.84 Å². The molecule has 1 aliphatic heterocycles. The molecule has 166 valence electrons. The number of rotatable bonds is 6. The standard InChI is InChI=1S/C21H22F3N3O4/c1-14(29)27(18-3-2-9-25-20(18)21(22,23)24)16-8-10-26(11-16)19(30)13-31-17-6-4-15(12-28)5-7-17/h2-7,9,16,28H,8,10-13H2,1H3. The molecule has 7 nitrogen and oxygen atoms in total. The van der Waals surface area contributed by atoms with Crippen LogP contribution in [-0.2, 0) is 22.4 Å². The highest BCUT2D eigenvalue weighted by molar-refractivity contribution is 5.93. The predicted molar refractivity (Wildman–Crippen MR) is 105 cm³/mol. The molecule has 1 atom stereocenters. The first-order valence-corrected chi connectivity index (χ1v) is 9.63. The smallest absolute Gasteiger partial charge is 0.435 e. The Labute approximate surface area is 177 Å². The lowest BCUT2D eigenvalue weighted by Crippen LogP contribution is -2.43. The van der Waals surface area contributed by atoms with Gasteiger partial charge in [-0.05, 0) is 36.2 Å². The monoisotopic (exact) mass is 437 g/mol. The van der Waals surface area contributed by atoms with Gasteiger partial charge in [0.05, 0.1) is 18.3 Å². The molecule has 0 aliphatic carbocycles. The number of benzene rings is 1. The second kappa shape index (κ2) is 9.34. The zero-order chi connectivity index (χ0) is 22.6. The number of hydrogen-bond acceptors (Lipinski definition) is 5. The Balaban J connectivity index is 1.68. The fraction of sp³-hybridized carbons (Fsp3) is 0.381. The van der Waals surface area contributed by atoms with Crippen molar-refractivity contribution < 1.29 is 32.6 Å². The van der Waals surface area contributed by atoms with E-state index in [1.807, 2.05) is 0 Å². The number of aliphatic hydroxyl groups is 1. The summed E-state index contributed by atoms with van der Waals surface area (Å²) >= 11 is 0. The molecule has 0 saturated carbocycles. The Morgan fingerprint density at radius 3 is 2.58 bits per heavy atom. The van der Waals surface area contributed by atoms with Crippen molar-refractivity contribution >= 4 is 17.5 Å². The van der Waals surface area contributed by atoms with Crippen LogP contribution >= 0.6 is 0 Å². The SMILES string of the molecule is CC(=O)N(c1cccnc1C(F)(F)F)C1CCN(C(=O)COc2ccc(CO)cc2)C1. The first kappa shape index (κ1) is 22.5. The number of anilines is 1. The Hall–Kier alpha value is -3.14. The first-order valence-electron chi connectivity index (χ1n) is 9.63. The van der Waals surface area contributed by atoms with Crippen molar-refractivity contribution in [3.63, 3.8) is 0 Å². The number of halogens is 3. The highest BCUT2D eigenvalue weighted by Crippen LogP contribution is 2.36. The molecule has 2 heterocycles. The fourth-order valence-corrected chi connectivity index (χ4v) is 3.54. The van der Waals surface area contributed by atoms with Crippen LogP contribution in [0.2, 0.25) is 0 Å². The third-order valence-electron chi connectivity index (χ3n) is 5.00. The van der Waals surface area contributed by atoms with E-state index in [-0.39, 0.29) is 31.4 Å². The summed E-state index contributed by atoms with van der Waals surface area (Å²) in [6.45, 7) is 1.23. The van der Waals surface area contributed by atoms with Crippen LogP contribution in [0.3, 0.4) is 0 Å². The summed E-state index contributed by atoms with van der Waals surface area (Å²) < 4.78 is 45.6. The molecule has 2 aromatic rings. The highest BCUT2D eigenvalue weighted by atomic mass is 19.4. The van der Waals surface area contributed by atoms with Gasteiger partial charge in [-0.15, -0.1) is 0 Å². The minimum atomic E-state index is -4.71. The largest absolute Gasteiger partial charge is 0.484 e. The Bertz CT molecular complexity index is 934. The molecule has 0 bridgehead atoms. The van der Waals surface area contributed by atoms with Crippen LogP contribution in [0.5, 0.6) is 5.75 Å². The number of amides is 2. The van der Waals surface area contributed by atoms with E-state index in [0.29, 0.717) is 24.3 Å². The van der Waals surface area contributed by atoms with Crippen molar-refractivity contribution in [3.05, 3.63) is 53.9 Å². The fourth-order valence-electron chi connectivity index (χ4n) is 3.54. The summed E-state index contributed by atoms with van der Waals surface area (Å²) in [5.41, 5.74) is -0.745. The molecular formula is C21H22F3N3O4. The molecule has 0 radical (unpaired) electrons. The van der Waals surface area contributed by atoms with Crippen LogP contribution in [0.25, 0.3) is 0 Å². The summed E-state index contributed by atoms with van der Waals surface area (Å²) in [5.74, 6) is -0.436. The van der Waals surface area contributed by atoms with Crippen LogP contribution in [0.1, 0.15) is 24.6 Å². The van der Waals surface area contributed by atoms with Gasteiger partial charge in [0.15, 0.2) is 12.3 Å². The van der Waals surface area contributed by atoms with Crippen molar-refractivity contribution in [2.24, 2.45) is 0 Å². The predicted octanol–water partition coefficient (Wildman–Crippen LogP) is 2.63. The van der Waals surface area contributed by atoms with Crippen LogP contribution in [-0.4, -0.2) is 52.5 Å². The number of ether oxygens (including phenoxy) is 1. The van der Waals surface area contributed by atoms with Crippen LogP contribution in [0.15, 0.2) is 42.6 Å². The summed E-state index contributed by atoms with van der Waals surface area (Å²) in [4.78, 5) is 30.7. The Kier molecular flexibility index (Phi) is 6.79. The molecule has 0 spiro atoms. The van der Waals surface area contributed by atoms with Crippen molar-refractivity contribution in [2.75, 3.05) is 24.6 Å². The van der Waals surface area contributed by atoms with Crippen molar-refractivity contribution in [3.8, 4) is 5.75 Å². The topological polar surface area (TPSA) is 83.0 Å². The van der Waals surface area contributed by atoms with Gasteiger partial charge >= 0.3 is 6.18 Å². The van der Waals surface area contributed by atoms with Gasteiger partial charge < -0.3 is 19.6 Å². The van der Waals surface area contributed by atoms with E-state index < -0.39 is 23.8 Å². The van der Waals surface area contributed by atoms with Crippen molar-refractivity contribution in [2.45, 2.75) is 32.2 Å². The number of carbonyl (C=O) groups excluding carboxylic acids is 2. The zero-order valence-corrected chi connectivity index (χ0v) is 16.8. The number of carbonyl (C=O) groups is 2. The summed E-state index contributed by atoms with van der Waals surface area (Å²) in [6.07, 6.45) is -3.35. The molecule has 1 aromatic carbocycles. The molecule has 1 fully saturated rings. The Morgan fingerprint density at radius 1 is 1.26 bits per heavy atom. The maximum Gasteiger partial charge on any atom is 0.435 e. The van der Waals surface area contributed by atoms with E-state index in [1.54, 1.807) is 24.3 Å². The molecule has 1 unspecified atom stereocenters. The van der Waals surface area contributed by atoms with Gasteiger partial charge in [0.25, 0.3) is 5.91 Å². The third kappa shape index (κ3) is 5.32. The van der Waals surface area contributed by atoms with E-state index in [0.717, 1.165) is 11.1 Å². The van der Waals surface area contributed by atoms with Gasteiger partial charge in [-0.3, -0.25) is 9.59 Å². The number of alkyl halides is 3. The lowest BCUT2D eigenvalue weighted by atomic mass is 10.1. The maximum atomic E-state index is 13.4. The van der Waals surface area contributed by atoms with Gasteiger partial charge in [0.1, 0.15) is 5.75 Å². The summed E-state index contributed by atoms with van der Waals surface area (Å²) in [7, 11) is 0. The average molecular weight is 437 g/mol. The number of likely N-dealkylation sites (tertiary alicyclic amines) is 1. The maximum absolute atomic E-state index is 13.4. The quantitative estimate of drug-likeness (QED) is 0.751. The third-order valence-corrected chi connectivity index (χ3v) is 5.00. The van der Waals surface area contributed by atoms with Gasteiger partial charge in [-0.2, -0.15) is 13.2 Å². The first-order chi connectivity index (χ1) is 14.7. The molecule has 31 heavy (non-hydrogen) atoms. The second-order valence-electron chi connectivity index (χ2n) is 7.13. The molecule has 1 aliphatic rings. The molecule has 1 aromatic heterocycles. The van der Waals surface area contributed by atoms with Crippen LogP contribution in [0.4, 0.5) is 18.9 Å². The van der Waals surface area contributed by atoms with Crippen molar-refractivity contribution in [1.29, 1.82) is 0 Å². The number of aromatic nitrogens is 1. The molecule has 1 N–H and O–H groups in total. The molecule has 2 amide bonds. The Morgan fingerprint density at radius 2 is 1.97 bits per heavy atom. The highest BCUT2D eigenvalue weighted by Gasteiger charge is 2.40. The second-order valence-corrected chi connectivity index (χ2v) is 7.13. The van der Waals surface area contributed by atoms with Crippen molar-refractivity contribution in [1.82, 2.24) is 9.88 Å². The van der Waals surface area contributed by atoms with E-state index in [1.165, 1.54) is 24.0 Å². The lowest BCUT2D eigenvalue weighted by Gasteiger charge is -2.29. The van der Waals surface area contributed by atoms with E-state index in [9.17, 15) is 22.8 Å². The van der Waals surface area contributed by atoms with Crippen LogP contribution < -0.4 is 9.64 Å². The molecule has 3 rings (SSSR count). The summed E-state index contributed by atoms with van der Waals surface area (Å²) in [5, 5.41) is 9.05. The van der Waals surface area contributed by atoms with Gasteiger partial charge in [0, 0.05) is 26.2 Å². The number of aliphatic hydroxyl groups excluding tert-OH is 1. The lowest BCUT2D eigenvalue weighted by molar-refractivity contribution is -0.140. The zero-order valence-electron chi connectivity index (χ0n) is 16.8. The summed E-state index contributed by atoms with van der Waals surface area (Å²) in [6, 6.07) is 8.55. The minimum Gasteiger partial charge on any atom is -0.484 e. The van der Waals surface area contributed by atoms with Gasteiger partial charge in [-0.1, -0.05) is 12.1 Å². The molecule has 1 saturated heterocycles. The normalized spacial score (nSPS) is 16.3. The number of hydrogen-bond donors (Lipinski definition) is 1. The minimum absolute atomic E-state index is 0.0947. The van der Waals surface area contributed by atoms with Gasteiger partial charge in [0.2, 0.25) is 5.91 Å². The van der Waals surface area contributed by atoms with Gasteiger partial charge in [-0.25, -0.2) is 4.98 Å². The number of nitrogens with zero attached hydrogens (tertiary/aromatic N) is 3.